The lowest BCUT2D eigenvalue weighted by atomic mass is 9.98. The highest BCUT2D eigenvalue weighted by Gasteiger charge is 2.31. The predicted molar refractivity (Wildman–Crippen MR) is 128 cm³/mol. The van der Waals surface area contributed by atoms with Crippen LogP contribution in [-0.4, -0.2) is 32.2 Å². The van der Waals surface area contributed by atoms with Crippen LogP contribution in [0.3, 0.4) is 0 Å². The van der Waals surface area contributed by atoms with Gasteiger partial charge in [-0.1, -0.05) is 13.3 Å². The third-order valence-electron chi connectivity index (χ3n) is 4.96. The van der Waals surface area contributed by atoms with E-state index >= 15 is 0 Å². The van der Waals surface area contributed by atoms with Crippen LogP contribution < -0.4 is 4.31 Å². The number of rotatable bonds is 7. The van der Waals surface area contributed by atoms with E-state index in [0.717, 1.165) is 19.1 Å². The number of carbonyl (C=O) groups is 2. The maximum absolute atomic E-state index is 13.4. The summed E-state index contributed by atoms with van der Waals surface area (Å²) in [4.78, 5) is 26.2. The lowest BCUT2D eigenvalue weighted by Crippen LogP contribution is -2.40. The molecule has 0 atom stereocenters. The number of fused-ring (bicyclic) bond motifs is 1. The molecule has 34 heavy (non-hydrogen) atoms. The van der Waals surface area contributed by atoms with Crippen molar-refractivity contribution in [1.29, 1.82) is 0 Å². The monoisotopic (exact) mass is 489 g/mol. The number of aryl methyl sites for hydroxylation is 1. The Morgan fingerprint density at radius 2 is 1.74 bits per heavy atom. The van der Waals surface area contributed by atoms with Crippen LogP contribution in [0.5, 0.6) is 0 Å². The lowest BCUT2D eigenvalue weighted by molar-refractivity contribution is 0.0609. The molecular formula is C25H28FNO6S. The maximum atomic E-state index is 13.4. The summed E-state index contributed by atoms with van der Waals surface area (Å²) in [7, 11) is -4.05. The van der Waals surface area contributed by atoms with Crippen molar-refractivity contribution in [3.05, 3.63) is 65.2 Å². The summed E-state index contributed by atoms with van der Waals surface area (Å²) in [6, 6.07) is 9.52. The molecule has 1 aromatic heterocycles. The molecule has 1 amide bonds. The number of halogens is 1. The average molecular weight is 490 g/mol. The second-order valence-corrected chi connectivity index (χ2v) is 10.9. The first kappa shape index (κ1) is 25.4. The molecule has 2 aromatic carbocycles. The molecule has 0 radical (unpaired) electrons. The highest BCUT2D eigenvalue weighted by atomic mass is 32.2. The fraction of sp³-hybridized carbons (Fsp3) is 0.360. The molecule has 0 N–H and O–H groups in total. The van der Waals surface area contributed by atoms with Gasteiger partial charge in [0.2, 0.25) is 10.0 Å². The summed E-state index contributed by atoms with van der Waals surface area (Å²) in [6.07, 6.45) is 1.96. The van der Waals surface area contributed by atoms with Crippen LogP contribution in [0.4, 0.5) is 14.9 Å². The summed E-state index contributed by atoms with van der Waals surface area (Å²) in [5, 5.41) is 0.357. The highest BCUT2D eigenvalue weighted by molar-refractivity contribution is 7.92. The van der Waals surface area contributed by atoms with Crippen molar-refractivity contribution in [2.45, 2.75) is 52.6 Å². The number of unbranched alkanes of at least 4 members (excludes halogenated alkanes) is 1. The molecule has 0 bridgehead atoms. The van der Waals surface area contributed by atoms with Gasteiger partial charge in [-0.2, -0.15) is 4.31 Å². The van der Waals surface area contributed by atoms with Crippen molar-refractivity contribution in [2.75, 3.05) is 10.6 Å². The van der Waals surface area contributed by atoms with Gasteiger partial charge in [-0.05, 0) is 69.7 Å². The van der Waals surface area contributed by atoms with Gasteiger partial charge in [-0.3, -0.25) is 4.79 Å². The Morgan fingerprint density at radius 3 is 2.29 bits per heavy atom. The van der Waals surface area contributed by atoms with Crippen molar-refractivity contribution in [3.8, 4) is 0 Å². The minimum Gasteiger partial charge on any atom is -0.460 e. The topological polar surface area (TPSA) is 93.9 Å². The van der Waals surface area contributed by atoms with E-state index in [9.17, 15) is 22.4 Å². The van der Waals surface area contributed by atoms with Crippen molar-refractivity contribution in [1.82, 2.24) is 0 Å². The van der Waals surface area contributed by atoms with E-state index in [1.165, 1.54) is 42.5 Å². The minimum atomic E-state index is -4.05. The average Bonchev–Trinajstić information content (AvgIpc) is 3.07. The van der Waals surface area contributed by atoms with Crippen molar-refractivity contribution >= 4 is 38.6 Å². The van der Waals surface area contributed by atoms with E-state index in [1.807, 2.05) is 6.92 Å². The molecule has 0 saturated heterocycles. The van der Waals surface area contributed by atoms with Crippen LogP contribution in [-0.2, 0) is 21.2 Å². The number of carbonyl (C=O) groups excluding carboxylic acids is 2. The Morgan fingerprint density at radius 1 is 1.09 bits per heavy atom. The number of nitrogens with zero attached hydrogens (tertiary/aromatic N) is 1. The first-order chi connectivity index (χ1) is 15.8. The number of furan rings is 1. The zero-order valence-corrected chi connectivity index (χ0v) is 20.7. The van der Waals surface area contributed by atoms with Crippen LogP contribution in [0.15, 0.2) is 46.9 Å². The van der Waals surface area contributed by atoms with E-state index in [0.29, 0.717) is 27.5 Å². The molecule has 3 aromatic rings. The van der Waals surface area contributed by atoms with Gasteiger partial charge in [0.1, 0.15) is 22.8 Å². The number of anilines is 1. The van der Waals surface area contributed by atoms with E-state index < -0.39 is 27.5 Å². The molecule has 0 spiro atoms. The third kappa shape index (κ3) is 5.64. The van der Waals surface area contributed by atoms with Crippen LogP contribution in [0.25, 0.3) is 11.0 Å². The normalized spacial score (nSPS) is 12.1. The van der Waals surface area contributed by atoms with E-state index in [1.54, 1.807) is 20.8 Å². The molecule has 3 rings (SSSR count). The van der Waals surface area contributed by atoms with Crippen molar-refractivity contribution in [3.63, 3.8) is 0 Å². The summed E-state index contributed by atoms with van der Waals surface area (Å²) in [5.41, 5.74) is -0.0105. The number of ether oxygens (including phenoxy) is 1. The van der Waals surface area contributed by atoms with Crippen LogP contribution in [0.2, 0.25) is 0 Å². The molecule has 9 heteroatoms. The van der Waals surface area contributed by atoms with Crippen molar-refractivity contribution < 1.29 is 31.6 Å². The quantitative estimate of drug-likeness (QED) is 0.387. The number of amides is 1. The first-order valence-corrected chi connectivity index (χ1v) is 12.8. The van der Waals surface area contributed by atoms with Gasteiger partial charge in [-0.15, -0.1) is 0 Å². The smallest absolute Gasteiger partial charge is 0.428 e. The molecule has 7 nitrogen and oxygen atoms in total. The number of hydrogen-bond acceptors (Lipinski definition) is 6. The molecule has 0 fully saturated rings. The van der Waals surface area contributed by atoms with Crippen LogP contribution in [0, 0.1) is 5.82 Å². The largest absolute Gasteiger partial charge is 0.460 e. The zero-order chi connectivity index (χ0) is 25.3. The summed E-state index contributed by atoms with van der Waals surface area (Å²) in [6.45, 7) is 6.89. The molecule has 0 saturated carbocycles. The Bertz CT molecular complexity index is 1320. The molecule has 1 heterocycles. The summed E-state index contributed by atoms with van der Waals surface area (Å²) < 4.78 is 50.2. The second-order valence-electron chi connectivity index (χ2n) is 9.03. The molecule has 0 aliphatic carbocycles. The second kappa shape index (κ2) is 9.58. The number of ketones is 1. The highest BCUT2D eigenvalue weighted by Crippen LogP contribution is 2.34. The van der Waals surface area contributed by atoms with Gasteiger partial charge in [0, 0.05) is 17.4 Å². The Kier molecular flexibility index (Phi) is 7.16. The Hall–Kier alpha value is -3.20. The van der Waals surface area contributed by atoms with Gasteiger partial charge in [0.15, 0.2) is 5.78 Å². The fourth-order valence-electron chi connectivity index (χ4n) is 3.51. The van der Waals surface area contributed by atoms with E-state index in [2.05, 4.69) is 0 Å². The maximum Gasteiger partial charge on any atom is 0.428 e. The van der Waals surface area contributed by atoms with E-state index in [4.69, 9.17) is 9.15 Å². The molecule has 0 unspecified atom stereocenters. The van der Waals surface area contributed by atoms with Gasteiger partial charge in [0.05, 0.1) is 17.5 Å². The first-order valence-electron chi connectivity index (χ1n) is 10.9. The van der Waals surface area contributed by atoms with Crippen molar-refractivity contribution in [2.24, 2.45) is 0 Å². The lowest BCUT2D eigenvalue weighted by Gasteiger charge is -2.25. The van der Waals surface area contributed by atoms with Gasteiger partial charge in [0.25, 0.3) is 0 Å². The Labute approximate surface area is 198 Å². The number of sulfonamides is 1. The molecule has 182 valence electrons. The standard InChI is InChI=1S/C25H28FNO6S/c1-6-7-8-21-22(23(28)16-9-11-17(26)12-10-16)19-15-18(13-14-20(19)32-21)27(34(5,30)31)24(29)33-25(2,3)4/h9-15H,6-8H2,1-5H3. The van der Waals surface area contributed by atoms with E-state index in [-0.39, 0.29) is 22.6 Å². The minimum absolute atomic E-state index is 0.0141. The summed E-state index contributed by atoms with van der Waals surface area (Å²) in [5.74, 6) is -0.403. The van der Waals surface area contributed by atoms with Crippen LogP contribution >= 0.6 is 0 Å². The molecule has 0 aliphatic rings. The molecule has 0 aliphatic heterocycles. The van der Waals surface area contributed by atoms with Gasteiger partial charge in [-0.25, -0.2) is 17.6 Å². The number of hydrogen-bond donors (Lipinski definition) is 0. The third-order valence-corrected chi connectivity index (χ3v) is 5.98. The van der Waals surface area contributed by atoms with Crippen LogP contribution in [0.1, 0.15) is 62.2 Å². The summed E-state index contributed by atoms with van der Waals surface area (Å²) >= 11 is 0. The zero-order valence-electron chi connectivity index (χ0n) is 19.8. The predicted octanol–water partition coefficient (Wildman–Crippen LogP) is 5.85. The van der Waals surface area contributed by atoms with Gasteiger partial charge < -0.3 is 9.15 Å². The number of benzene rings is 2. The molecular weight excluding hydrogens is 461 g/mol. The fourth-order valence-corrected chi connectivity index (χ4v) is 4.31. The Balaban J connectivity index is 2.19. The van der Waals surface area contributed by atoms with Gasteiger partial charge >= 0.3 is 6.09 Å². The SMILES string of the molecule is CCCCc1oc2ccc(N(C(=O)OC(C)(C)C)S(C)(=O)=O)cc2c1C(=O)c1ccc(F)cc1.